The number of anilines is 1. The first kappa shape index (κ1) is 16.9. The third-order valence-electron chi connectivity index (χ3n) is 2.55. The van der Waals surface area contributed by atoms with Gasteiger partial charge in [0.2, 0.25) is 5.91 Å². The number of alkyl carbamates (subject to hydrolysis) is 1. The van der Waals surface area contributed by atoms with Crippen LogP contribution in [0, 0.1) is 5.92 Å². The van der Waals surface area contributed by atoms with Crippen LogP contribution in [0.5, 0.6) is 0 Å². The highest BCUT2D eigenvalue weighted by atomic mass is 16.6. The number of hydrogen-bond donors (Lipinski definition) is 2. The standard InChI is InChI=1S/C15H23N3O3/c1-10(2)12(18-14(20)21-15(3,4)5)13(19)17-11-7-6-8-16-9-11/h6-10,12H,1-5H3,(H,17,19)(H,18,20). The molecule has 1 rings (SSSR count). The summed E-state index contributed by atoms with van der Waals surface area (Å²) in [4.78, 5) is 28.0. The second-order valence-electron chi connectivity index (χ2n) is 6.10. The maximum Gasteiger partial charge on any atom is 0.408 e. The van der Waals surface area contributed by atoms with E-state index in [1.54, 1.807) is 45.3 Å². The predicted octanol–water partition coefficient (Wildman–Crippen LogP) is 2.57. The van der Waals surface area contributed by atoms with E-state index >= 15 is 0 Å². The average molecular weight is 293 g/mol. The molecule has 6 nitrogen and oxygen atoms in total. The third kappa shape index (κ3) is 6.25. The van der Waals surface area contributed by atoms with Gasteiger partial charge < -0.3 is 15.4 Å². The predicted molar refractivity (Wildman–Crippen MR) is 80.9 cm³/mol. The molecule has 1 aromatic heterocycles. The van der Waals surface area contributed by atoms with E-state index in [0.717, 1.165) is 0 Å². The van der Waals surface area contributed by atoms with Gasteiger partial charge in [0.1, 0.15) is 11.6 Å². The number of aromatic nitrogens is 1. The lowest BCUT2D eigenvalue weighted by molar-refractivity contribution is -0.119. The van der Waals surface area contributed by atoms with Crippen molar-refractivity contribution in [3.8, 4) is 0 Å². The van der Waals surface area contributed by atoms with Crippen molar-refractivity contribution in [2.24, 2.45) is 5.92 Å². The molecule has 0 fully saturated rings. The van der Waals surface area contributed by atoms with Gasteiger partial charge in [0, 0.05) is 6.20 Å². The Bertz CT molecular complexity index is 481. The molecule has 21 heavy (non-hydrogen) atoms. The van der Waals surface area contributed by atoms with Crippen molar-refractivity contribution in [2.45, 2.75) is 46.3 Å². The molecular formula is C15H23N3O3. The van der Waals surface area contributed by atoms with E-state index in [0.29, 0.717) is 5.69 Å². The molecule has 0 spiro atoms. The van der Waals surface area contributed by atoms with Crippen molar-refractivity contribution in [1.82, 2.24) is 10.3 Å². The zero-order valence-electron chi connectivity index (χ0n) is 13.1. The number of pyridine rings is 1. The fraction of sp³-hybridized carbons (Fsp3) is 0.533. The largest absolute Gasteiger partial charge is 0.444 e. The van der Waals surface area contributed by atoms with Gasteiger partial charge in [-0.05, 0) is 38.8 Å². The number of nitrogens with zero attached hydrogens (tertiary/aromatic N) is 1. The molecule has 0 aliphatic heterocycles. The summed E-state index contributed by atoms with van der Waals surface area (Å²) in [5, 5.41) is 5.32. The van der Waals surface area contributed by atoms with E-state index < -0.39 is 17.7 Å². The molecule has 0 aliphatic rings. The van der Waals surface area contributed by atoms with E-state index in [2.05, 4.69) is 15.6 Å². The number of rotatable bonds is 4. The van der Waals surface area contributed by atoms with Crippen LogP contribution in [0.1, 0.15) is 34.6 Å². The lowest BCUT2D eigenvalue weighted by Crippen LogP contribution is -2.48. The summed E-state index contributed by atoms with van der Waals surface area (Å²) in [5.41, 5.74) is -0.0232. The summed E-state index contributed by atoms with van der Waals surface area (Å²) in [6.07, 6.45) is 2.56. The van der Waals surface area contributed by atoms with Crippen LogP contribution in [-0.4, -0.2) is 28.6 Å². The highest BCUT2D eigenvalue weighted by Gasteiger charge is 2.26. The van der Waals surface area contributed by atoms with Crippen molar-refractivity contribution >= 4 is 17.7 Å². The molecule has 0 saturated heterocycles. The van der Waals surface area contributed by atoms with E-state index in [4.69, 9.17) is 4.74 Å². The van der Waals surface area contributed by atoms with Crippen molar-refractivity contribution in [1.29, 1.82) is 0 Å². The number of ether oxygens (including phenoxy) is 1. The first-order valence-corrected chi connectivity index (χ1v) is 6.89. The normalized spacial score (nSPS) is 12.7. The number of carbonyl (C=O) groups excluding carboxylic acids is 2. The maximum atomic E-state index is 12.2. The minimum atomic E-state index is -0.681. The van der Waals surface area contributed by atoms with Gasteiger partial charge in [-0.2, -0.15) is 0 Å². The minimum Gasteiger partial charge on any atom is -0.444 e. The Labute approximate surface area is 125 Å². The van der Waals surface area contributed by atoms with E-state index in [9.17, 15) is 9.59 Å². The Morgan fingerprint density at radius 1 is 1.29 bits per heavy atom. The number of amides is 2. The molecule has 6 heteroatoms. The quantitative estimate of drug-likeness (QED) is 0.894. The summed E-state index contributed by atoms with van der Waals surface area (Å²) >= 11 is 0. The second kappa shape index (κ2) is 7.06. The second-order valence-corrected chi connectivity index (χ2v) is 6.10. The van der Waals surface area contributed by atoms with Crippen LogP contribution >= 0.6 is 0 Å². The van der Waals surface area contributed by atoms with Crippen LogP contribution in [0.3, 0.4) is 0 Å². The number of carbonyl (C=O) groups is 2. The molecule has 1 unspecified atom stereocenters. The highest BCUT2D eigenvalue weighted by Crippen LogP contribution is 2.11. The summed E-state index contributed by atoms with van der Waals surface area (Å²) < 4.78 is 5.18. The van der Waals surface area contributed by atoms with E-state index in [-0.39, 0.29) is 11.8 Å². The Kier molecular flexibility index (Phi) is 5.69. The molecule has 0 aromatic carbocycles. The zero-order valence-corrected chi connectivity index (χ0v) is 13.1. The lowest BCUT2D eigenvalue weighted by atomic mass is 10.0. The molecule has 116 valence electrons. The zero-order chi connectivity index (χ0) is 16.0. The molecule has 0 saturated carbocycles. The fourth-order valence-electron chi connectivity index (χ4n) is 1.63. The average Bonchev–Trinajstić information content (AvgIpc) is 2.34. The monoisotopic (exact) mass is 293 g/mol. The number of nitrogens with one attached hydrogen (secondary N) is 2. The summed E-state index contributed by atoms with van der Waals surface area (Å²) in [6.45, 7) is 9.02. The SMILES string of the molecule is CC(C)C(NC(=O)OC(C)(C)C)C(=O)Nc1cccnc1. The molecule has 0 radical (unpaired) electrons. The number of hydrogen-bond acceptors (Lipinski definition) is 4. The Morgan fingerprint density at radius 2 is 1.95 bits per heavy atom. The van der Waals surface area contributed by atoms with E-state index in [1.165, 1.54) is 0 Å². The summed E-state index contributed by atoms with van der Waals surface area (Å²) in [6, 6.07) is 2.77. The maximum absolute atomic E-state index is 12.2. The molecule has 1 aromatic rings. The first-order valence-electron chi connectivity index (χ1n) is 6.89. The topological polar surface area (TPSA) is 80.3 Å². The van der Waals surface area contributed by atoms with Crippen molar-refractivity contribution in [2.75, 3.05) is 5.32 Å². The summed E-state index contributed by atoms with van der Waals surface area (Å²) in [5.74, 6) is -0.377. The van der Waals surface area contributed by atoms with Gasteiger partial charge in [-0.3, -0.25) is 9.78 Å². The van der Waals surface area contributed by atoms with Crippen LogP contribution in [0.4, 0.5) is 10.5 Å². The smallest absolute Gasteiger partial charge is 0.408 e. The van der Waals surface area contributed by atoms with E-state index in [1.807, 2.05) is 13.8 Å². The Morgan fingerprint density at radius 3 is 2.43 bits per heavy atom. The molecular weight excluding hydrogens is 270 g/mol. The molecule has 0 aliphatic carbocycles. The highest BCUT2D eigenvalue weighted by molar-refractivity contribution is 5.96. The fourth-order valence-corrected chi connectivity index (χ4v) is 1.63. The van der Waals surface area contributed by atoms with Crippen molar-refractivity contribution in [3.63, 3.8) is 0 Å². The van der Waals surface area contributed by atoms with Crippen LogP contribution in [0.2, 0.25) is 0 Å². The van der Waals surface area contributed by atoms with Gasteiger partial charge >= 0.3 is 6.09 Å². The molecule has 1 atom stereocenters. The van der Waals surface area contributed by atoms with Gasteiger partial charge in [-0.1, -0.05) is 13.8 Å². The molecule has 2 N–H and O–H groups in total. The van der Waals surface area contributed by atoms with Crippen LogP contribution in [0.25, 0.3) is 0 Å². The lowest BCUT2D eigenvalue weighted by Gasteiger charge is -2.25. The third-order valence-corrected chi connectivity index (χ3v) is 2.55. The van der Waals surface area contributed by atoms with Gasteiger partial charge in [-0.15, -0.1) is 0 Å². The minimum absolute atomic E-state index is 0.0748. The molecule has 0 bridgehead atoms. The molecule has 1 heterocycles. The van der Waals surface area contributed by atoms with Crippen LogP contribution < -0.4 is 10.6 Å². The summed E-state index contributed by atoms with van der Waals surface area (Å²) in [7, 11) is 0. The van der Waals surface area contributed by atoms with Gasteiger partial charge in [0.15, 0.2) is 0 Å². The van der Waals surface area contributed by atoms with Gasteiger partial charge in [0.05, 0.1) is 11.9 Å². The first-order chi connectivity index (χ1) is 9.69. The van der Waals surface area contributed by atoms with Crippen LogP contribution in [0.15, 0.2) is 24.5 Å². The van der Waals surface area contributed by atoms with Crippen LogP contribution in [-0.2, 0) is 9.53 Å². The van der Waals surface area contributed by atoms with Gasteiger partial charge in [0.25, 0.3) is 0 Å². The Hall–Kier alpha value is -2.11. The van der Waals surface area contributed by atoms with Crippen molar-refractivity contribution in [3.05, 3.63) is 24.5 Å². The Balaban J connectivity index is 2.69. The molecule has 2 amide bonds. The van der Waals surface area contributed by atoms with Crippen molar-refractivity contribution < 1.29 is 14.3 Å². The van der Waals surface area contributed by atoms with Gasteiger partial charge in [-0.25, -0.2) is 4.79 Å².